The van der Waals surface area contributed by atoms with Gasteiger partial charge < -0.3 is 19.5 Å². The summed E-state index contributed by atoms with van der Waals surface area (Å²) >= 11 is 0. The zero-order chi connectivity index (χ0) is 36.8. The predicted molar refractivity (Wildman–Crippen MR) is 203 cm³/mol. The Morgan fingerprint density at radius 2 is 1.43 bits per heavy atom. The van der Waals surface area contributed by atoms with Crippen LogP contribution in [0, 0.1) is 5.41 Å². The minimum Gasteiger partial charge on any atom is -0.508 e. The average Bonchev–Trinajstić information content (AvgIpc) is 3.47. The molecule has 9 rings (SSSR count). The summed E-state index contributed by atoms with van der Waals surface area (Å²) in [7, 11) is 0. The van der Waals surface area contributed by atoms with Crippen molar-refractivity contribution in [1.82, 2.24) is 20.0 Å². The van der Waals surface area contributed by atoms with E-state index in [0.29, 0.717) is 48.8 Å². The zero-order valence-corrected chi connectivity index (χ0v) is 30.4. The number of carbonyl (C=O) groups excluding carboxylic acids is 3. The number of amides is 3. The monoisotopic (exact) mass is 726 g/mol. The molecule has 3 atom stereocenters. The van der Waals surface area contributed by atoms with Crippen molar-refractivity contribution < 1.29 is 29.0 Å². The minimum atomic E-state index is -0.614. The van der Waals surface area contributed by atoms with Crippen LogP contribution in [0.5, 0.6) is 17.2 Å². The van der Waals surface area contributed by atoms with E-state index in [4.69, 9.17) is 9.47 Å². The fraction of sp³-hybridized carbons (Fsp3) is 0.386. The van der Waals surface area contributed by atoms with E-state index >= 15 is 0 Å². The van der Waals surface area contributed by atoms with E-state index in [9.17, 15) is 19.5 Å². The molecule has 10 heteroatoms. The van der Waals surface area contributed by atoms with Crippen LogP contribution < -0.4 is 14.8 Å². The van der Waals surface area contributed by atoms with E-state index in [2.05, 4.69) is 75.8 Å². The molecule has 278 valence electrons. The molecule has 4 aromatic carbocycles. The second-order valence-corrected chi connectivity index (χ2v) is 15.8. The standard InChI is InChI=1S/C44H46N4O6/c49-33-9-14-37-31(22-33)8-13-36(29-4-2-1-3-5-29)41(37)30-6-10-34(11-7-30)53-20-18-46-25-44(26-46)27-47(28-44)19-21-54-35-12-15-38-32(23-35)24-48(43(38)52)39-16-17-40(50)45-42(39)51/h1-7,9-12,14-15,22-23,36,39,41,49H,8,13,16-21,24-28H2,(H,45,50,51)/t36-,39+,41+/m1/s1. The molecule has 3 saturated heterocycles. The van der Waals surface area contributed by atoms with E-state index in [1.54, 1.807) is 11.0 Å². The predicted octanol–water partition coefficient (Wildman–Crippen LogP) is 5.09. The topological polar surface area (TPSA) is 112 Å². The summed E-state index contributed by atoms with van der Waals surface area (Å²) in [6, 6.07) is 30.2. The van der Waals surface area contributed by atoms with Crippen LogP contribution in [0.3, 0.4) is 0 Å². The first kappa shape index (κ1) is 34.6. The summed E-state index contributed by atoms with van der Waals surface area (Å²) < 4.78 is 12.3. The lowest BCUT2D eigenvalue weighted by molar-refractivity contribution is -0.136. The maximum Gasteiger partial charge on any atom is 0.255 e. The number of rotatable bonds is 11. The van der Waals surface area contributed by atoms with Crippen LogP contribution in [0.4, 0.5) is 0 Å². The van der Waals surface area contributed by atoms with Gasteiger partial charge in [0, 0.05) is 69.1 Å². The number of hydrogen-bond donors (Lipinski definition) is 2. The molecule has 2 N–H and O–H groups in total. The number of phenolic OH excluding ortho intramolecular Hbond substituents is 1. The van der Waals surface area contributed by atoms with Crippen LogP contribution in [0.1, 0.15) is 69.3 Å². The quantitative estimate of drug-likeness (QED) is 0.206. The zero-order valence-electron chi connectivity index (χ0n) is 30.4. The number of benzene rings is 4. The van der Waals surface area contributed by atoms with Crippen molar-refractivity contribution in [3.63, 3.8) is 0 Å². The highest BCUT2D eigenvalue weighted by Crippen LogP contribution is 2.47. The first-order valence-electron chi connectivity index (χ1n) is 19.3. The Labute approximate surface area is 315 Å². The number of aromatic hydroxyl groups is 1. The van der Waals surface area contributed by atoms with Gasteiger partial charge in [0.1, 0.15) is 36.5 Å². The van der Waals surface area contributed by atoms with Crippen molar-refractivity contribution in [1.29, 1.82) is 0 Å². The Bertz CT molecular complexity index is 2060. The van der Waals surface area contributed by atoms with Gasteiger partial charge in [-0.15, -0.1) is 0 Å². The van der Waals surface area contributed by atoms with Crippen LogP contribution in [-0.2, 0) is 22.6 Å². The van der Waals surface area contributed by atoms with E-state index in [1.807, 2.05) is 24.3 Å². The molecule has 1 spiro atoms. The van der Waals surface area contributed by atoms with Crippen molar-refractivity contribution in [2.45, 2.75) is 50.1 Å². The smallest absolute Gasteiger partial charge is 0.255 e. The van der Waals surface area contributed by atoms with Gasteiger partial charge in [-0.3, -0.25) is 29.5 Å². The van der Waals surface area contributed by atoms with Gasteiger partial charge in [-0.05, 0) is 95.5 Å². The summed E-state index contributed by atoms with van der Waals surface area (Å²) in [6.07, 6.45) is 2.60. The molecule has 4 heterocycles. The van der Waals surface area contributed by atoms with Gasteiger partial charge in [-0.2, -0.15) is 0 Å². The number of imide groups is 1. The van der Waals surface area contributed by atoms with Gasteiger partial charge >= 0.3 is 0 Å². The molecule has 3 amide bonds. The van der Waals surface area contributed by atoms with Crippen molar-refractivity contribution in [2.75, 3.05) is 52.5 Å². The Balaban J connectivity index is 0.707. The Hall–Kier alpha value is -5.19. The third-order valence-electron chi connectivity index (χ3n) is 12.1. The summed E-state index contributed by atoms with van der Waals surface area (Å²) in [6.45, 7) is 7.65. The molecular weight excluding hydrogens is 681 g/mol. The van der Waals surface area contributed by atoms with Gasteiger partial charge in [-0.1, -0.05) is 48.5 Å². The number of fused-ring (bicyclic) bond motifs is 2. The molecule has 5 aliphatic rings. The first-order chi connectivity index (χ1) is 26.3. The minimum absolute atomic E-state index is 0.172. The van der Waals surface area contributed by atoms with E-state index in [0.717, 1.165) is 69.2 Å². The number of likely N-dealkylation sites (tertiary alicyclic amines) is 2. The van der Waals surface area contributed by atoms with Gasteiger partial charge in [0.15, 0.2) is 0 Å². The molecule has 0 radical (unpaired) electrons. The highest BCUT2D eigenvalue weighted by molar-refractivity contribution is 6.05. The molecular formula is C44H46N4O6. The second kappa shape index (κ2) is 14.2. The molecule has 0 saturated carbocycles. The summed E-state index contributed by atoms with van der Waals surface area (Å²) in [5, 5.41) is 12.5. The maximum absolute atomic E-state index is 13.0. The van der Waals surface area contributed by atoms with Crippen molar-refractivity contribution in [3.05, 3.63) is 124 Å². The van der Waals surface area contributed by atoms with Gasteiger partial charge in [0.2, 0.25) is 11.8 Å². The number of ether oxygens (including phenoxy) is 2. The van der Waals surface area contributed by atoms with Crippen LogP contribution in [-0.4, -0.2) is 96.1 Å². The Kier molecular flexibility index (Phi) is 9.11. The molecule has 0 unspecified atom stereocenters. The number of nitrogens with zero attached hydrogens (tertiary/aromatic N) is 3. The molecule has 0 aromatic heterocycles. The van der Waals surface area contributed by atoms with E-state index < -0.39 is 11.9 Å². The lowest BCUT2D eigenvalue weighted by Gasteiger charge is -2.60. The number of carbonyl (C=O) groups is 3. The number of hydrogen-bond acceptors (Lipinski definition) is 8. The lowest BCUT2D eigenvalue weighted by atomic mass is 9.69. The Morgan fingerprint density at radius 3 is 2.15 bits per heavy atom. The molecule has 54 heavy (non-hydrogen) atoms. The van der Waals surface area contributed by atoms with Crippen LogP contribution in [0.15, 0.2) is 91.0 Å². The van der Waals surface area contributed by atoms with Crippen molar-refractivity contribution in [3.8, 4) is 17.2 Å². The van der Waals surface area contributed by atoms with Gasteiger partial charge in [0.05, 0.1) is 0 Å². The summed E-state index contributed by atoms with van der Waals surface area (Å²) in [4.78, 5) is 43.3. The average molecular weight is 727 g/mol. The van der Waals surface area contributed by atoms with Crippen molar-refractivity contribution >= 4 is 17.7 Å². The molecule has 3 fully saturated rings. The lowest BCUT2D eigenvalue weighted by Crippen LogP contribution is -2.72. The van der Waals surface area contributed by atoms with E-state index in [-0.39, 0.29) is 24.2 Å². The van der Waals surface area contributed by atoms with Crippen LogP contribution in [0.2, 0.25) is 0 Å². The molecule has 4 aliphatic heterocycles. The fourth-order valence-electron chi connectivity index (χ4n) is 9.60. The second-order valence-electron chi connectivity index (χ2n) is 15.8. The Morgan fingerprint density at radius 1 is 0.722 bits per heavy atom. The van der Waals surface area contributed by atoms with Crippen molar-refractivity contribution in [2.24, 2.45) is 5.41 Å². The maximum atomic E-state index is 13.0. The first-order valence-corrected chi connectivity index (χ1v) is 19.3. The SMILES string of the molecule is O=C1CC[C@H](N2Cc3cc(OCCN4CC5(CN(CCOc6ccc([C@@H]7c8ccc(O)cc8CC[C@@H]7c7ccccc7)cc6)C5)C4)ccc3C2=O)C(=O)N1. The molecule has 10 nitrogen and oxygen atoms in total. The number of piperidine rings is 1. The highest BCUT2D eigenvalue weighted by atomic mass is 16.5. The highest BCUT2D eigenvalue weighted by Gasteiger charge is 2.51. The van der Waals surface area contributed by atoms with Crippen LogP contribution in [0.25, 0.3) is 0 Å². The third-order valence-corrected chi connectivity index (χ3v) is 12.1. The van der Waals surface area contributed by atoms with Gasteiger partial charge in [-0.25, -0.2) is 0 Å². The molecule has 4 aromatic rings. The summed E-state index contributed by atoms with van der Waals surface area (Å²) in [5.41, 5.74) is 6.98. The fourth-order valence-corrected chi connectivity index (χ4v) is 9.60. The van der Waals surface area contributed by atoms with Crippen LogP contribution >= 0.6 is 0 Å². The van der Waals surface area contributed by atoms with E-state index in [1.165, 1.54) is 22.3 Å². The molecule has 1 aliphatic carbocycles. The largest absolute Gasteiger partial charge is 0.508 e. The number of phenols is 1. The normalized spacial score (nSPS) is 23.3. The summed E-state index contributed by atoms with van der Waals surface area (Å²) in [5.74, 6) is 1.69. The van der Waals surface area contributed by atoms with Gasteiger partial charge in [0.25, 0.3) is 5.91 Å². The number of nitrogens with one attached hydrogen (secondary N) is 1. The number of aryl methyl sites for hydroxylation is 1. The molecule has 0 bridgehead atoms. The third kappa shape index (κ3) is 6.73.